The van der Waals surface area contributed by atoms with E-state index in [0.717, 1.165) is 4.90 Å². The van der Waals surface area contributed by atoms with Crippen LogP contribution >= 0.6 is 0 Å². The molecule has 1 aliphatic heterocycles. The normalized spacial score (nSPS) is 19.8. The predicted molar refractivity (Wildman–Crippen MR) is 65.7 cm³/mol. The van der Waals surface area contributed by atoms with Gasteiger partial charge in [-0.2, -0.15) is 5.10 Å². The van der Waals surface area contributed by atoms with Crippen molar-refractivity contribution in [2.75, 3.05) is 0 Å². The van der Waals surface area contributed by atoms with Gasteiger partial charge < -0.3 is 0 Å². The molecular weight excluding hydrogens is 248 g/mol. The molecule has 1 atom stereocenters. The molecule has 1 unspecified atom stereocenters. The van der Waals surface area contributed by atoms with Gasteiger partial charge >= 0.3 is 6.03 Å². The topological polar surface area (TPSA) is 84.3 Å². The van der Waals surface area contributed by atoms with Crippen LogP contribution in [0.1, 0.15) is 25.5 Å². The second-order valence-electron chi connectivity index (χ2n) is 4.54. The van der Waals surface area contributed by atoms with Crippen LogP contribution in [0.2, 0.25) is 0 Å². The molecule has 4 amide bonds. The second kappa shape index (κ2) is 5.21. The maximum absolute atomic E-state index is 12.2. The van der Waals surface area contributed by atoms with Gasteiger partial charge in [-0.3, -0.25) is 24.5 Å². The first-order valence-electron chi connectivity index (χ1n) is 6.17. The molecule has 0 radical (unpaired) electrons. The Morgan fingerprint density at radius 3 is 2.68 bits per heavy atom. The largest absolute Gasteiger partial charge is 0.331 e. The lowest BCUT2D eigenvalue weighted by atomic mass is 9.99. The molecule has 1 N–H and O–H groups in total. The van der Waals surface area contributed by atoms with E-state index >= 15 is 0 Å². The summed E-state index contributed by atoms with van der Waals surface area (Å²) >= 11 is 0. The number of carbonyl (C=O) groups excluding carboxylic acids is 3. The molecule has 2 heterocycles. The number of aromatic nitrogens is 2. The molecule has 0 saturated carbocycles. The first-order chi connectivity index (χ1) is 9.02. The van der Waals surface area contributed by atoms with E-state index in [1.165, 1.54) is 0 Å². The van der Waals surface area contributed by atoms with Crippen LogP contribution in [0, 0.1) is 5.92 Å². The monoisotopic (exact) mass is 264 g/mol. The summed E-state index contributed by atoms with van der Waals surface area (Å²) in [5, 5.41) is 6.34. The van der Waals surface area contributed by atoms with E-state index in [0.29, 0.717) is 18.5 Å². The molecule has 0 aromatic carbocycles. The fourth-order valence-electron chi connectivity index (χ4n) is 2.06. The van der Waals surface area contributed by atoms with Gasteiger partial charge in [-0.05, 0) is 12.5 Å². The minimum atomic E-state index is -0.772. The van der Waals surface area contributed by atoms with Crippen molar-refractivity contribution in [1.82, 2.24) is 20.0 Å². The molecule has 7 heteroatoms. The van der Waals surface area contributed by atoms with Crippen molar-refractivity contribution in [3.63, 3.8) is 0 Å². The van der Waals surface area contributed by atoms with Crippen LogP contribution in [0.3, 0.4) is 0 Å². The highest BCUT2D eigenvalue weighted by Crippen LogP contribution is 2.17. The highest BCUT2D eigenvalue weighted by atomic mass is 16.2. The number of hydrogen-bond donors (Lipinski definition) is 1. The third-order valence-electron chi connectivity index (χ3n) is 3.02. The summed E-state index contributed by atoms with van der Waals surface area (Å²) in [5.41, 5.74) is 0.607. The molecular formula is C12H16N4O3. The fraction of sp³-hybridized carbons (Fsp3) is 0.500. The summed E-state index contributed by atoms with van der Waals surface area (Å²) < 4.78 is 1.59. The quantitative estimate of drug-likeness (QED) is 0.798. The average molecular weight is 264 g/mol. The molecule has 1 aliphatic rings. The molecule has 0 spiro atoms. The van der Waals surface area contributed by atoms with E-state index in [2.05, 4.69) is 10.4 Å². The number of nitrogens with zero attached hydrogens (tertiary/aromatic N) is 3. The van der Waals surface area contributed by atoms with Gasteiger partial charge in [0.25, 0.3) is 0 Å². The SMILES string of the molecule is CCCC1C(=O)NC(=O)N(Cc2ccn(C)n2)C1=O. The van der Waals surface area contributed by atoms with Gasteiger partial charge in [0.2, 0.25) is 11.8 Å². The van der Waals surface area contributed by atoms with Gasteiger partial charge in [0.05, 0.1) is 12.2 Å². The molecule has 19 heavy (non-hydrogen) atoms. The van der Waals surface area contributed by atoms with Gasteiger partial charge in [-0.15, -0.1) is 0 Å². The lowest BCUT2D eigenvalue weighted by Gasteiger charge is -2.29. The van der Waals surface area contributed by atoms with Gasteiger partial charge in [-0.25, -0.2) is 4.79 Å². The average Bonchev–Trinajstić information content (AvgIpc) is 2.76. The number of aryl methyl sites for hydroxylation is 1. The minimum absolute atomic E-state index is 0.0823. The van der Waals surface area contributed by atoms with Crippen molar-refractivity contribution in [2.24, 2.45) is 13.0 Å². The van der Waals surface area contributed by atoms with Gasteiger partial charge in [0.1, 0.15) is 5.92 Å². The van der Waals surface area contributed by atoms with E-state index in [-0.39, 0.29) is 6.54 Å². The Labute approximate surface area is 110 Å². The number of nitrogens with one attached hydrogen (secondary N) is 1. The summed E-state index contributed by atoms with van der Waals surface area (Å²) in [6, 6.07) is 1.05. The van der Waals surface area contributed by atoms with E-state index in [1.807, 2.05) is 6.92 Å². The molecule has 1 aromatic heterocycles. The Balaban J connectivity index is 2.16. The van der Waals surface area contributed by atoms with E-state index in [1.54, 1.807) is 24.0 Å². The van der Waals surface area contributed by atoms with Crippen LogP contribution < -0.4 is 5.32 Å². The van der Waals surface area contributed by atoms with Gasteiger partial charge in [0.15, 0.2) is 0 Å². The summed E-state index contributed by atoms with van der Waals surface area (Å²) in [4.78, 5) is 36.5. The predicted octanol–water partition coefficient (Wildman–Crippen LogP) is 0.415. The fourth-order valence-corrected chi connectivity index (χ4v) is 2.06. The number of barbiturate groups is 1. The summed E-state index contributed by atoms with van der Waals surface area (Å²) in [7, 11) is 1.75. The Bertz CT molecular complexity index is 523. The zero-order chi connectivity index (χ0) is 14.0. The number of imide groups is 2. The molecule has 102 valence electrons. The molecule has 2 rings (SSSR count). The summed E-state index contributed by atoms with van der Waals surface area (Å²) in [5.74, 6) is -1.72. The van der Waals surface area contributed by atoms with Crippen LogP contribution in [0.4, 0.5) is 4.79 Å². The first kappa shape index (κ1) is 13.3. The smallest absolute Gasteiger partial charge is 0.277 e. The first-order valence-corrected chi connectivity index (χ1v) is 6.17. The van der Waals surface area contributed by atoms with Crippen LogP contribution in [0.15, 0.2) is 12.3 Å². The van der Waals surface area contributed by atoms with Crippen LogP contribution in [0.25, 0.3) is 0 Å². The highest BCUT2D eigenvalue weighted by Gasteiger charge is 2.39. The summed E-state index contributed by atoms with van der Waals surface area (Å²) in [6.45, 7) is 1.97. The summed E-state index contributed by atoms with van der Waals surface area (Å²) in [6.07, 6.45) is 2.88. The van der Waals surface area contributed by atoms with Crippen molar-refractivity contribution in [3.8, 4) is 0 Å². The molecule has 1 saturated heterocycles. The zero-order valence-corrected chi connectivity index (χ0v) is 10.9. The lowest BCUT2D eigenvalue weighted by molar-refractivity contribution is -0.143. The number of amides is 4. The third-order valence-corrected chi connectivity index (χ3v) is 3.02. The number of rotatable bonds is 4. The minimum Gasteiger partial charge on any atom is -0.277 e. The van der Waals surface area contributed by atoms with E-state index in [9.17, 15) is 14.4 Å². The highest BCUT2D eigenvalue weighted by molar-refractivity contribution is 6.16. The Hall–Kier alpha value is -2.18. The lowest BCUT2D eigenvalue weighted by Crippen LogP contribution is -2.57. The molecule has 0 aliphatic carbocycles. The van der Waals surface area contributed by atoms with E-state index in [4.69, 9.17) is 0 Å². The van der Waals surface area contributed by atoms with Gasteiger partial charge in [-0.1, -0.05) is 13.3 Å². The maximum atomic E-state index is 12.2. The number of carbonyl (C=O) groups is 3. The van der Waals surface area contributed by atoms with E-state index < -0.39 is 23.8 Å². The van der Waals surface area contributed by atoms with Crippen molar-refractivity contribution in [2.45, 2.75) is 26.3 Å². The maximum Gasteiger partial charge on any atom is 0.331 e. The Morgan fingerprint density at radius 2 is 2.11 bits per heavy atom. The Kier molecular flexibility index (Phi) is 3.64. The molecule has 1 fully saturated rings. The molecule has 7 nitrogen and oxygen atoms in total. The standard InChI is InChI=1S/C12H16N4O3/c1-3-4-9-10(17)13-12(19)16(11(9)18)7-8-5-6-15(2)14-8/h5-6,9H,3-4,7H2,1-2H3,(H,13,17,19). The van der Waals surface area contributed by atoms with Crippen LogP contribution in [-0.4, -0.2) is 32.5 Å². The Morgan fingerprint density at radius 1 is 1.37 bits per heavy atom. The molecule has 1 aromatic rings. The number of hydrogen-bond acceptors (Lipinski definition) is 4. The van der Waals surface area contributed by atoms with Gasteiger partial charge in [0, 0.05) is 13.2 Å². The second-order valence-corrected chi connectivity index (χ2v) is 4.54. The van der Waals surface area contributed by atoms with Crippen LogP contribution in [-0.2, 0) is 23.2 Å². The molecule has 0 bridgehead atoms. The van der Waals surface area contributed by atoms with Crippen molar-refractivity contribution >= 4 is 17.8 Å². The van der Waals surface area contributed by atoms with Crippen molar-refractivity contribution in [1.29, 1.82) is 0 Å². The zero-order valence-electron chi connectivity index (χ0n) is 10.9. The van der Waals surface area contributed by atoms with Crippen molar-refractivity contribution in [3.05, 3.63) is 18.0 Å². The third kappa shape index (κ3) is 2.64. The van der Waals surface area contributed by atoms with Crippen LogP contribution in [0.5, 0.6) is 0 Å². The number of urea groups is 1. The van der Waals surface area contributed by atoms with Crippen molar-refractivity contribution < 1.29 is 14.4 Å².